The summed E-state index contributed by atoms with van der Waals surface area (Å²) in [5, 5.41) is 41.3. The van der Waals surface area contributed by atoms with Crippen LogP contribution in [0.3, 0.4) is 0 Å². The predicted octanol–water partition coefficient (Wildman–Crippen LogP) is 3.14. The number of aliphatic hydroxyl groups excluding tert-OH is 1. The van der Waals surface area contributed by atoms with Gasteiger partial charge in [-0.25, -0.2) is 0 Å². The van der Waals surface area contributed by atoms with E-state index in [-0.39, 0.29) is 25.9 Å². The number of aliphatic hydroxyl groups is 3. The minimum Gasteiger partial charge on any atom is -0.497 e. The number of fused-ring (bicyclic) bond motifs is 5. The number of carbonyl (C=O) groups excluding carboxylic acids is 1. The highest BCUT2D eigenvalue weighted by molar-refractivity contribution is 5.80. The van der Waals surface area contributed by atoms with Gasteiger partial charge in [0.25, 0.3) is 5.79 Å². The van der Waals surface area contributed by atoms with E-state index in [9.17, 15) is 30.0 Å². The van der Waals surface area contributed by atoms with E-state index in [2.05, 4.69) is 0 Å². The van der Waals surface area contributed by atoms with E-state index in [1.807, 2.05) is 24.3 Å². The van der Waals surface area contributed by atoms with Gasteiger partial charge in [0.2, 0.25) is 19.4 Å². The highest BCUT2D eigenvalue weighted by Gasteiger charge is 2.60. The number of rotatable bonds is 6. The van der Waals surface area contributed by atoms with Crippen LogP contribution in [-0.4, -0.2) is 85.0 Å². The molecule has 0 saturated carbocycles. The van der Waals surface area contributed by atoms with Gasteiger partial charge in [-0.15, -0.1) is 0 Å². The molecular formula is C38H34O15. The van der Waals surface area contributed by atoms with E-state index in [0.717, 1.165) is 11.1 Å². The maximum Gasteiger partial charge on any atom is 0.317 e. The number of ether oxygens (including phenoxy) is 9. The van der Waals surface area contributed by atoms with Crippen LogP contribution in [0.25, 0.3) is 0 Å². The summed E-state index contributed by atoms with van der Waals surface area (Å²) in [7, 11) is 3.12. The van der Waals surface area contributed by atoms with Crippen LogP contribution < -0.4 is 37.9 Å². The summed E-state index contributed by atoms with van der Waals surface area (Å²) in [6.07, 6.45) is 0. The van der Waals surface area contributed by atoms with Crippen LogP contribution in [-0.2, 0) is 14.3 Å². The molecule has 1 fully saturated rings. The van der Waals surface area contributed by atoms with Crippen molar-refractivity contribution in [2.75, 3.05) is 41.0 Å². The zero-order valence-corrected chi connectivity index (χ0v) is 28.3. The predicted molar refractivity (Wildman–Crippen MR) is 179 cm³/mol. The van der Waals surface area contributed by atoms with Crippen molar-refractivity contribution >= 4 is 11.9 Å². The fraction of sp³-hybridized carbons (Fsp3) is 0.316. The molecule has 53 heavy (non-hydrogen) atoms. The molecule has 276 valence electrons. The first-order chi connectivity index (χ1) is 25.6. The van der Waals surface area contributed by atoms with Gasteiger partial charge in [0.15, 0.2) is 29.6 Å². The number of aliphatic carboxylic acids is 1. The number of esters is 1. The molecular weight excluding hydrogens is 696 g/mol. The van der Waals surface area contributed by atoms with Gasteiger partial charge in [0.05, 0.1) is 14.2 Å². The molecule has 4 aromatic rings. The summed E-state index contributed by atoms with van der Waals surface area (Å²) in [4.78, 5) is 24.5. The number of carboxylic acid groups (broad SMARTS) is 1. The number of hydrogen-bond donors (Lipinski definition) is 4. The van der Waals surface area contributed by atoms with Crippen LogP contribution in [0.4, 0.5) is 0 Å². The van der Waals surface area contributed by atoms with Crippen LogP contribution in [0, 0.1) is 11.8 Å². The van der Waals surface area contributed by atoms with E-state index < -0.39 is 53.8 Å². The molecule has 0 aromatic heterocycles. The Hall–Kier alpha value is -5.90. The van der Waals surface area contributed by atoms with Crippen molar-refractivity contribution in [3.05, 3.63) is 95.1 Å². The Labute approximate surface area is 301 Å². The molecule has 5 aliphatic rings. The maximum atomic E-state index is 12.4. The molecule has 15 nitrogen and oxygen atoms in total. The summed E-state index contributed by atoms with van der Waals surface area (Å²) < 4.78 is 48.4. The molecule has 9 rings (SSSR count). The Morgan fingerprint density at radius 3 is 1.66 bits per heavy atom. The average Bonchev–Trinajstić information content (AvgIpc) is 3.90. The average molecular weight is 731 g/mol. The fourth-order valence-electron chi connectivity index (χ4n) is 7.47. The molecule has 5 aliphatic heterocycles. The minimum atomic E-state index is -2.29. The van der Waals surface area contributed by atoms with E-state index in [0.29, 0.717) is 51.4 Å². The summed E-state index contributed by atoms with van der Waals surface area (Å²) in [5.41, 5.74) is 2.73. The third-order valence-corrected chi connectivity index (χ3v) is 10.0. The number of hydrogen-bond acceptors (Lipinski definition) is 14. The van der Waals surface area contributed by atoms with Gasteiger partial charge in [-0.3, -0.25) is 9.59 Å². The molecule has 0 aliphatic carbocycles. The number of carbonyl (C=O) groups is 2. The quantitative estimate of drug-likeness (QED) is 0.211. The Balaban J connectivity index is 0.000000151. The van der Waals surface area contributed by atoms with Crippen LogP contribution in [0.1, 0.15) is 34.1 Å². The number of benzene rings is 4. The Morgan fingerprint density at radius 2 is 1.17 bits per heavy atom. The van der Waals surface area contributed by atoms with Gasteiger partial charge in [0, 0.05) is 35.1 Å². The molecule has 0 spiro atoms. The zero-order valence-electron chi connectivity index (χ0n) is 28.3. The highest BCUT2D eigenvalue weighted by Crippen LogP contribution is 2.54. The number of methoxy groups -OCH3 is 2. The lowest BCUT2D eigenvalue weighted by Crippen LogP contribution is -2.55. The second-order valence-electron chi connectivity index (χ2n) is 12.9. The number of carboxylic acids is 1. The minimum absolute atomic E-state index is 0.0397. The van der Waals surface area contributed by atoms with Crippen LogP contribution in [0.2, 0.25) is 0 Å². The molecule has 15 heteroatoms. The lowest BCUT2D eigenvalue weighted by Gasteiger charge is -2.42. The third-order valence-electron chi connectivity index (χ3n) is 10.0. The number of cyclic esters (lactones) is 1. The molecule has 5 heterocycles. The summed E-state index contributed by atoms with van der Waals surface area (Å²) in [6.45, 7) is -0.930. The molecule has 1 saturated heterocycles. The lowest BCUT2D eigenvalue weighted by molar-refractivity contribution is -0.220. The molecule has 4 N–H and O–H groups in total. The summed E-state index contributed by atoms with van der Waals surface area (Å²) >= 11 is 0. The van der Waals surface area contributed by atoms with Crippen molar-refractivity contribution < 1.29 is 72.6 Å². The molecule has 4 aromatic carbocycles. The van der Waals surface area contributed by atoms with Crippen molar-refractivity contribution in [3.8, 4) is 46.0 Å². The first-order valence-corrected chi connectivity index (χ1v) is 16.5. The van der Waals surface area contributed by atoms with Crippen LogP contribution in [0.15, 0.2) is 72.8 Å². The Kier molecular flexibility index (Phi) is 8.36. The van der Waals surface area contributed by atoms with Crippen molar-refractivity contribution in [2.45, 2.75) is 23.4 Å². The second kappa shape index (κ2) is 12.9. The van der Waals surface area contributed by atoms with E-state index >= 15 is 0 Å². The normalized spacial score (nSPS) is 26.7. The third kappa shape index (κ3) is 5.73. The molecule has 0 bridgehead atoms. The lowest BCUT2D eigenvalue weighted by atomic mass is 9.74. The van der Waals surface area contributed by atoms with Gasteiger partial charge < -0.3 is 63.1 Å². The van der Waals surface area contributed by atoms with Gasteiger partial charge >= 0.3 is 11.9 Å². The molecule has 0 radical (unpaired) electrons. The van der Waals surface area contributed by atoms with Gasteiger partial charge in [-0.2, -0.15) is 0 Å². The monoisotopic (exact) mass is 730 g/mol. The molecule has 6 unspecified atom stereocenters. The zero-order chi connectivity index (χ0) is 37.1. The van der Waals surface area contributed by atoms with Crippen molar-refractivity contribution in [1.29, 1.82) is 0 Å². The summed E-state index contributed by atoms with van der Waals surface area (Å²) in [5.74, 6) is -5.32. The van der Waals surface area contributed by atoms with Gasteiger partial charge in [-0.05, 0) is 47.5 Å². The maximum absolute atomic E-state index is 12.4. The van der Waals surface area contributed by atoms with E-state index in [1.54, 1.807) is 49.6 Å². The van der Waals surface area contributed by atoms with E-state index in [4.69, 9.17) is 42.6 Å². The smallest absolute Gasteiger partial charge is 0.317 e. The summed E-state index contributed by atoms with van der Waals surface area (Å²) in [6, 6.07) is 20.9. The highest BCUT2D eigenvalue weighted by atomic mass is 16.7. The Bertz CT molecular complexity index is 2070. The molecule has 6 atom stereocenters. The van der Waals surface area contributed by atoms with Gasteiger partial charge in [-0.1, -0.05) is 24.3 Å². The van der Waals surface area contributed by atoms with Crippen molar-refractivity contribution in [1.82, 2.24) is 0 Å². The first kappa shape index (κ1) is 34.2. The topological polar surface area (TPSA) is 198 Å². The SMILES string of the molecule is COc1ccc(C2c3cc4c(cc3OC(O)(CO)C2C(=O)O)OCO4)cc1.COc1ccc(C2c3cc4c(cc3OC3(O)COC(=O)C23)OCO4)cc1. The largest absolute Gasteiger partial charge is 0.497 e. The van der Waals surface area contributed by atoms with Gasteiger partial charge in [0.1, 0.15) is 41.4 Å². The second-order valence-corrected chi connectivity index (χ2v) is 12.9. The first-order valence-electron chi connectivity index (χ1n) is 16.5. The van der Waals surface area contributed by atoms with Crippen LogP contribution >= 0.6 is 0 Å². The van der Waals surface area contributed by atoms with Crippen molar-refractivity contribution in [2.24, 2.45) is 11.8 Å². The Morgan fingerprint density at radius 1 is 0.698 bits per heavy atom. The van der Waals surface area contributed by atoms with Crippen molar-refractivity contribution in [3.63, 3.8) is 0 Å². The van der Waals surface area contributed by atoms with E-state index in [1.165, 1.54) is 13.2 Å². The molecule has 0 amide bonds. The standard InChI is InChI=1S/C19H18O8.C19H16O7/c1-24-11-4-2-10(3-5-11)16-12-6-14-15(26-9-25-14)7-13(12)27-19(23,8-20)17(16)18(21)22;1-22-11-4-2-10(3-5-11)16-12-6-14-15(25-9-24-14)7-13(12)26-19(21)8-23-18(20)17(16)19/h2-7,16-17,20,23H,8-9H2,1H3,(H,21,22);2-7,16-17,21H,8-9H2,1H3. The van der Waals surface area contributed by atoms with Crippen LogP contribution in [0.5, 0.6) is 46.0 Å². The fourth-order valence-corrected chi connectivity index (χ4v) is 7.47.